The molecule has 1 rings (SSSR count). The van der Waals surface area contributed by atoms with Gasteiger partial charge in [0.2, 0.25) is 0 Å². The maximum atomic E-state index is 2.32. The van der Waals surface area contributed by atoms with E-state index >= 15 is 0 Å². The molecule has 0 fully saturated rings. The lowest BCUT2D eigenvalue weighted by Gasteiger charge is -2.04. The van der Waals surface area contributed by atoms with E-state index in [0.29, 0.717) is 6.04 Å². The summed E-state index contributed by atoms with van der Waals surface area (Å²) < 4.78 is 2.31. The van der Waals surface area contributed by atoms with Crippen molar-refractivity contribution in [3.05, 3.63) is 30.1 Å². The quantitative estimate of drug-likeness (QED) is 0.327. The first-order chi connectivity index (χ1) is 10.2. The van der Waals surface area contributed by atoms with Gasteiger partial charge in [-0.3, -0.25) is 0 Å². The molecule has 0 amide bonds. The molecule has 1 aromatic rings. The fourth-order valence-electron chi connectivity index (χ4n) is 2.83. The Morgan fingerprint density at radius 3 is 2.00 bits per heavy atom. The van der Waals surface area contributed by atoms with E-state index in [1.54, 1.807) is 0 Å². The third kappa shape index (κ3) is 8.90. The van der Waals surface area contributed by atoms with Crippen LogP contribution in [0.15, 0.2) is 24.5 Å². The van der Waals surface area contributed by atoms with Crippen LogP contribution in [0.3, 0.4) is 0 Å². The van der Waals surface area contributed by atoms with Gasteiger partial charge in [0.05, 0.1) is 0 Å². The molecule has 0 atom stereocenters. The minimum Gasteiger partial charge on any atom is -0.203 e. The predicted octanol–water partition coefficient (Wildman–Crippen LogP) is 6.02. The minimum absolute atomic E-state index is 0.567. The van der Waals surface area contributed by atoms with Crippen LogP contribution >= 0.6 is 0 Å². The normalized spacial score (nSPS) is 11.2. The van der Waals surface area contributed by atoms with Crippen molar-refractivity contribution in [1.29, 1.82) is 0 Å². The lowest BCUT2D eigenvalue weighted by atomic mass is 10.0. The second kappa shape index (κ2) is 11.8. The van der Waals surface area contributed by atoms with E-state index in [1.165, 1.54) is 76.2 Å². The molecule has 1 nitrogen and oxygen atoms in total. The maximum absolute atomic E-state index is 2.32. The summed E-state index contributed by atoms with van der Waals surface area (Å²) in [6, 6.07) is 5.02. The summed E-state index contributed by atoms with van der Waals surface area (Å²) in [5, 5.41) is 0. The topological polar surface area (TPSA) is 3.88 Å². The molecule has 1 heterocycles. The third-order valence-electron chi connectivity index (χ3n) is 4.30. The average Bonchev–Trinajstić information content (AvgIpc) is 2.49. The molecule has 0 N–H and O–H groups in total. The highest BCUT2D eigenvalue weighted by Gasteiger charge is 2.06. The predicted molar refractivity (Wildman–Crippen MR) is 92.6 cm³/mol. The average molecular weight is 291 g/mol. The highest BCUT2D eigenvalue weighted by molar-refractivity contribution is 5.05. The second-order valence-electron chi connectivity index (χ2n) is 6.69. The van der Waals surface area contributed by atoms with Crippen LogP contribution in [0.5, 0.6) is 0 Å². The van der Waals surface area contributed by atoms with Gasteiger partial charge in [0.15, 0.2) is 18.4 Å². The van der Waals surface area contributed by atoms with Gasteiger partial charge in [0.25, 0.3) is 0 Å². The first kappa shape index (κ1) is 18.2. The van der Waals surface area contributed by atoms with E-state index < -0.39 is 0 Å². The van der Waals surface area contributed by atoms with Gasteiger partial charge >= 0.3 is 0 Å². The van der Waals surface area contributed by atoms with Crippen molar-refractivity contribution in [2.75, 3.05) is 0 Å². The van der Waals surface area contributed by atoms with Crippen LogP contribution in [0, 0.1) is 0 Å². The van der Waals surface area contributed by atoms with Crippen molar-refractivity contribution in [1.82, 2.24) is 0 Å². The van der Waals surface area contributed by atoms with Gasteiger partial charge in [0, 0.05) is 11.6 Å². The fourth-order valence-corrected chi connectivity index (χ4v) is 2.83. The molecule has 0 bridgehead atoms. The Kier molecular flexibility index (Phi) is 10.2. The van der Waals surface area contributed by atoms with Crippen molar-refractivity contribution in [2.45, 2.75) is 97.4 Å². The summed E-state index contributed by atoms with van der Waals surface area (Å²) in [5.74, 6) is 0. The van der Waals surface area contributed by atoms with Crippen LogP contribution < -0.4 is 4.57 Å². The summed E-state index contributed by atoms with van der Waals surface area (Å²) in [4.78, 5) is 0. The zero-order chi connectivity index (χ0) is 15.3. The van der Waals surface area contributed by atoms with Crippen LogP contribution in [0.2, 0.25) is 0 Å². The molecular formula is C20H36N+. The molecule has 1 heteroatoms. The number of nitrogens with zero attached hydrogens (tertiary/aromatic N) is 1. The van der Waals surface area contributed by atoms with Crippen molar-refractivity contribution in [3.63, 3.8) is 0 Å². The number of pyridine rings is 1. The summed E-state index contributed by atoms with van der Waals surface area (Å²) in [5.41, 5.74) is 1.49. The number of hydrogen-bond acceptors (Lipinski definition) is 0. The van der Waals surface area contributed by atoms with Crippen LogP contribution in [-0.2, 0) is 6.42 Å². The Bertz CT molecular complexity index is 357. The van der Waals surface area contributed by atoms with Gasteiger partial charge in [-0.05, 0) is 32.8 Å². The van der Waals surface area contributed by atoms with E-state index in [9.17, 15) is 0 Å². The zero-order valence-corrected chi connectivity index (χ0v) is 14.6. The summed E-state index contributed by atoms with van der Waals surface area (Å²) in [6.07, 6.45) is 19.9. The Labute approximate surface area is 132 Å². The van der Waals surface area contributed by atoms with E-state index in [2.05, 4.69) is 49.9 Å². The van der Waals surface area contributed by atoms with Crippen LogP contribution in [0.4, 0.5) is 0 Å². The number of hydrogen-bond donors (Lipinski definition) is 0. The summed E-state index contributed by atoms with van der Waals surface area (Å²) in [7, 11) is 0. The van der Waals surface area contributed by atoms with Crippen LogP contribution in [0.25, 0.3) is 0 Å². The molecule has 0 saturated heterocycles. The number of rotatable bonds is 12. The molecule has 0 aliphatic heterocycles. The van der Waals surface area contributed by atoms with E-state index in [4.69, 9.17) is 0 Å². The molecule has 0 spiro atoms. The summed E-state index contributed by atoms with van der Waals surface area (Å²) in [6.45, 7) is 6.77. The Hall–Kier alpha value is -0.850. The minimum atomic E-state index is 0.567. The van der Waals surface area contributed by atoms with Crippen LogP contribution in [-0.4, -0.2) is 0 Å². The molecule has 0 aliphatic rings. The molecule has 0 aromatic carbocycles. The fraction of sp³-hybridized carbons (Fsp3) is 0.750. The highest BCUT2D eigenvalue weighted by atomic mass is 15.0. The maximum Gasteiger partial charge on any atom is 0.172 e. The van der Waals surface area contributed by atoms with Crippen LogP contribution in [0.1, 0.15) is 96.6 Å². The van der Waals surface area contributed by atoms with Gasteiger partial charge in [-0.2, -0.15) is 0 Å². The molecule has 0 radical (unpaired) electrons. The SMILES string of the molecule is CCCCCCCCCCCCc1ccc[n+](C(C)C)c1. The Morgan fingerprint density at radius 2 is 1.43 bits per heavy atom. The van der Waals surface area contributed by atoms with Gasteiger partial charge in [0.1, 0.15) is 0 Å². The third-order valence-corrected chi connectivity index (χ3v) is 4.30. The first-order valence-electron chi connectivity index (χ1n) is 9.23. The second-order valence-corrected chi connectivity index (χ2v) is 6.69. The van der Waals surface area contributed by atoms with Crippen molar-refractivity contribution >= 4 is 0 Å². The largest absolute Gasteiger partial charge is 0.203 e. The number of aromatic nitrogens is 1. The van der Waals surface area contributed by atoms with Gasteiger partial charge < -0.3 is 0 Å². The van der Waals surface area contributed by atoms with Gasteiger partial charge in [-0.1, -0.05) is 64.7 Å². The van der Waals surface area contributed by atoms with Crippen molar-refractivity contribution in [3.8, 4) is 0 Å². The molecule has 1 aromatic heterocycles. The monoisotopic (exact) mass is 290 g/mol. The first-order valence-corrected chi connectivity index (χ1v) is 9.23. The Morgan fingerprint density at radius 1 is 0.857 bits per heavy atom. The Balaban J connectivity index is 2.00. The number of unbranched alkanes of at least 4 members (excludes halogenated alkanes) is 9. The van der Waals surface area contributed by atoms with Gasteiger partial charge in [-0.25, -0.2) is 4.57 Å². The lowest BCUT2D eigenvalue weighted by Crippen LogP contribution is -2.35. The standard InChI is InChI=1S/C20H36N/c1-4-5-6-7-8-9-10-11-12-13-15-20-16-14-17-21(18-20)19(2)3/h14,16-19H,4-13,15H2,1-3H3/q+1. The van der Waals surface area contributed by atoms with E-state index in [-0.39, 0.29) is 0 Å². The molecule has 0 aliphatic carbocycles. The van der Waals surface area contributed by atoms with Gasteiger partial charge in [-0.15, -0.1) is 0 Å². The van der Waals surface area contributed by atoms with E-state index in [0.717, 1.165) is 0 Å². The molecular weight excluding hydrogens is 254 g/mol. The summed E-state index contributed by atoms with van der Waals surface area (Å²) >= 11 is 0. The lowest BCUT2D eigenvalue weighted by molar-refractivity contribution is -0.716. The molecule has 21 heavy (non-hydrogen) atoms. The number of aryl methyl sites for hydroxylation is 1. The molecule has 0 saturated carbocycles. The van der Waals surface area contributed by atoms with Crippen molar-refractivity contribution < 1.29 is 4.57 Å². The zero-order valence-electron chi connectivity index (χ0n) is 14.6. The molecule has 0 unspecified atom stereocenters. The van der Waals surface area contributed by atoms with Crippen molar-refractivity contribution in [2.24, 2.45) is 0 Å². The smallest absolute Gasteiger partial charge is 0.172 e. The van der Waals surface area contributed by atoms with E-state index in [1.807, 2.05) is 0 Å². The molecule has 120 valence electrons. The highest BCUT2D eigenvalue weighted by Crippen LogP contribution is 2.12.